The minimum absolute atomic E-state index is 0.331. The van der Waals surface area contributed by atoms with Crippen molar-refractivity contribution in [1.82, 2.24) is 0 Å². The van der Waals surface area contributed by atoms with Gasteiger partial charge in [-0.15, -0.1) is 0 Å². The van der Waals surface area contributed by atoms with E-state index in [0.717, 1.165) is 0 Å². The number of hydrogen-bond donors (Lipinski definition) is 2. The summed E-state index contributed by atoms with van der Waals surface area (Å²) in [4.78, 5) is 22.4. The number of carbonyl (C=O) groups excluding carboxylic acids is 2. The normalized spacial score (nSPS) is 13.6. The van der Waals surface area contributed by atoms with Crippen LogP contribution in [-0.4, -0.2) is 24.0 Å². The molecule has 0 saturated heterocycles. The van der Waals surface area contributed by atoms with Crippen molar-refractivity contribution in [3.8, 4) is 11.5 Å². The maximum atomic E-state index is 11.2. The Morgan fingerprint density at radius 1 is 0.889 bits per heavy atom. The van der Waals surface area contributed by atoms with Crippen molar-refractivity contribution in [3.63, 3.8) is 0 Å². The Balaban J connectivity index is 2.63. The summed E-state index contributed by atoms with van der Waals surface area (Å²) in [5.74, 6) is -0.401. The van der Waals surface area contributed by atoms with Gasteiger partial charge in [0.05, 0.1) is 0 Å². The number of ether oxygens (including phenoxy) is 2. The highest BCUT2D eigenvalue weighted by atomic mass is 16.5. The molecule has 1 rings (SSSR count). The predicted octanol–water partition coefficient (Wildman–Crippen LogP) is 0.192. The molecule has 1 aromatic carbocycles. The van der Waals surface area contributed by atoms with Crippen LogP contribution in [0.4, 0.5) is 0 Å². The first-order valence-electron chi connectivity index (χ1n) is 5.44. The first-order valence-corrected chi connectivity index (χ1v) is 5.44. The molecule has 1 unspecified atom stereocenters. The molecule has 0 radical (unpaired) electrons. The van der Waals surface area contributed by atoms with E-state index in [9.17, 15) is 9.59 Å². The smallest absolute Gasteiger partial charge is 0.328 e. The van der Waals surface area contributed by atoms with E-state index in [1.54, 1.807) is 0 Å². The van der Waals surface area contributed by atoms with E-state index < -0.39 is 24.0 Å². The van der Waals surface area contributed by atoms with Gasteiger partial charge < -0.3 is 20.9 Å². The number of nitrogens with two attached hydrogens (primary N) is 2. The number of carbonyl (C=O) groups is 2. The van der Waals surface area contributed by atoms with Crippen molar-refractivity contribution in [2.24, 2.45) is 11.5 Å². The van der Waals surface area contributed by atoms with Gasteiger partial charge in [0.2, 0.25) is 0 Å². The summed E-state index contributed by atoms with van der Waals surface area (Å²) in [5, 5.41) is 0. The summed E-state index contributed by atoms with van der Waals surface area (Å²) in [6.45, 7) is 3.06. The Morgan fingerprint density at radius 2 is 1.17 bits per heavy atom. The van der Waals surface area contributed by atoms with Gasteiger partial charge in [0.25, 0.3) is 0 Å². The molecular weight excluding hydrogens is 236 g/mol. The molecule has 0 spiro atoms. The Morgan fingerprint density at radius 3 is 1.39 bits per heavy atom. The lowest BCUT2D eigenvalue weighted by atomic mass is 10.3. The van der Waals surface area contributed by atoms with E-state index in [2.05, 4.69) is 0 Å². The molecule has 0 aliphatic heterocycles. The fourth-order valence-corrected chi connectivity index (χ4v) is 0.994. The predicted molar refractivity (Wildman–Crippen MR) is 65.0 cm³/mol. The van der Waals surface area contributed by atoms with Crippen molar-refractivity contribution < 1.29 is 19.1 Å². The van der Waals surface area contributed by atoms with Crippen molar-refractivity contribution in [3.05, 3.63) is 24.3 Å². The highest BCUT2D eigenvalue weighted by molar-refractivity contribution is 5.78. The Labute approximate surface area is 105 Å². The molecule has 0 aliphatic carbocycles. The van der Waals surface area contributed by atoms with Gasteiger partial charge in [-0.3, -0.25) is 0 Å². The topological polar surface area (TPSA) is 105 Å². The van der Waals surface area contributed by atoms with Crippen LogP contribution in [-0.2, 0) is 9.59 Å². The Bertz CT molecular complexity index is 385. The van der Waals surface area contributed by atoms with Crippen molar-refractivity contribution in [2.75, 3.05) is 0 Å². The fraction of sp³-hybridized carbons (Fsp3) is 0.333. The highest BCUT2D eigenvalue weighted by Crippen LogP contribution is 2.18. The average Bonchev–Trinajstić information content (AvgIpc) is 2.31. The van der Waals surface area contributed by atoms with Crippen LogP contribution in [0.15, 0.2) is 24.3 Å². The van der Waals surface area contributed by atoms with Crippen molar-refractivity contribution >= 4 is 11.9 Å². The van der Waals surface area contributed by atoms with E-state index in [1.807, 2.05) is 0 Å². The van der Waals surface area contributed by atoms with Gasteiger partial charge in [0.15, 0.2) is 0 Å². The largest absolute Gasteiger partial charge is 0.425 e. The summed E-state index contributed by atoms with van der Waals surface area (Å²) in [6, 6.07) is 4.63. The lowest BCUT2D eigenvalue weighted by Gasteiger charge is -2.09. The van der Waals surface area contributed by atoms with Gasteiger partial charge in [0, 0.05) is 0 Å². The zero-order valence-electron chi connectivity index (χ0n) is 10.3. The van der Waals surface area contributed by atoms with Gasteiger partial charge >= 0.3 is 11.9 Å². The lowest BCUT2D eigenvalue weighted by Crippen LogP contribution is -2.31. The minimum Gasteiger partial charge on any atom is -0.425 e. The molecule has 0 aromatic heterocycles. The van der Waals surface area contributed by atoms with Gasteiger partial charge in [0.1, 0.15) is 23.6 Å². The summed E-state index contributed by atoms with van der Waals surface area (Å²) >= 11 is 0. The molecule has 0 bridgehead atoms. The number of rotatable bonds is 4. The second-order valence-corrected chi connectivity index (χ2v) is 3.89. The molecule has 0 heterocycles. The summed E-state index contributed by atoms with van der Waals surface area (Å²) in [7, 11) is 0. The number of benzene rings is 1. The van der Waals surface area contributed by atoms with E-state index >= 15 is 0 Å². The van der Waals surface area contributed by atoms with Crippen LogP contribution in [0.5, 0.6) is 11.5 Å². The van der Waals surface area contributed by atoms with Gasteiger partial charge in [-0.1, -0.05) is 0 Å². The van der Waals surface area contributed by atoms with Crippen LogP contribution in [0.1, 0.15) is 13.8 Å². The maximum absolute atomic E-state index is 11.2. The maximum Gasteiger partial charge on any atom is 0.328 e. The molecule has 6 heteroatoms. The van der Waals surface area contributed by atoms with Crippen LogP contribution >= 0.6 is 0 Å². The molecule has 6 nitrogen and oxygen atoms in total. The van der Waals surface area contributed by atoms with Crippen LogP contribution in [0.25, 0.3) is 0 Å². The summed E-state index contributed by atoms with van der Waals surface area (Å²) in [5.41, 5.74) is 10.7. The Hall–Kier alpha value is -1.92. The Kier molecular flexibility index (Phi) is 4.82. The zero-order valence-corrected chi connectivity index (χ0v) is 10.3. The molecule has 0 saturated carbocycles. The third-order valence-corrected chi connectivity index (χ3v) is 2.00. The van der Waals surface area contributed by atoms with Crippen molar-refractivity contribution in [1.29, 1.82) is 0 Å². The first-order chi connectivity index (χ1) is 8.40. The van der Waals surface area contributed by atoms with Crippen LogP contribution < -0.4 is 20.9 Å². The monoisotopic (exact) mass is 252 g/mol. The van der Waals surface area contributed by atoms with Gasteiger partial charge in [-0.2, -0.15) is 0 Å². The van der Waals surface area contributed by atoms with E-state index in [1.165, 1.54) is 38.1 Å². The van der Waals surface area contributed by atoms with Crippen LogP contribution in [0, 0.1) is 0 Å². The molecule has 2 atom stereocenters. The standard InChI is InChI=1S/C12H16N2O4/c1-7(13)11(15)17-9-3-5-10(6-4-9)18-12(16)8(2)14/h3-8H,13-14H2,1-2H3/t7-,8?/m0/s1. The minimum atomic E-state index is -0.694. The first kappa shape index (κ1) is 14.1. The summed E-state index contributed by atoms with van der Waals surface area (Å²) < 4.78 is 9.91. The summed E-state index contributed by atoms with van der Waals surface area (Å²) in [6.07, 6.45) is 0. The van der Waals surface area contributed by atoms with Crippen LogP contribution in [0.3, 0.4) is 0 Å². The second-order valence-electron chi connectivity index (χ2n) is 3.89. The molecule has 0 aliphatic rings. The quantitative estimate of drug-likeness (QED) is 0.585. The van der Waals surface area contributed by atoms with E-state index in [0.29, 0.717) is 11.5 Å². The fourth-order valence-electron chi connectivity index (χ4n) is 0.994. The zero-order chi connectivity index (χ0) is 13.7. The van der Waals surface area contributed by atoms with Crippen LogP contribution in [0.2, 0.25) is 0 Å². The molecule has 18 heavy (non-hydrogen) atoms. The molecular formula is C12H16N2O4. The molecule has 0 fully saturated rings. The average molecular weight is 252 g/mol. The lowest BCUT2D eigenvalue weighted by molar-refractivity contribution is -0.136. The number of esters is 2. The molecule has 98 valence electrons. The van der Waals surface area contributed by atoms with E-state index in [-0.39, 0.29) is 0 Å². The van der Waals surface area contributed by atoms with E-state index in [4.69, 9.17) is 20.9 Å². The SMILES string of the molecule is CC(N)C(=O)Oc1ccc(OC(=O)[C@H](C)N)cc1. The molecule has 1 aromatic rings. The third-order valence-electron chi connectivity index (χ3n) is 2.00. The highest BCUT2D eigenvalue weighted by Gasteiger charge is 2.12. The van der Waals surface area contributed by atoms with Gasteiger partial charge in [-0.05, 0) is 38.1 Å². The molecule has 0 amide bonds. The van der Waals surface area contributed by atoms with Gasteiger partial charge in [-0.25, -0.2) is 9.59 Å². The second kappa shape index (κ2) is 6.13. The number of hydrogen-bond acceptors (Lipinski definition) is 6. The third kappa shape index (κ3) is 4.15. The van der Waals surface area contributed by atoms with Crippen molar-refractivity contribution in [2.45, 2.75) is 25.9 Å². The molecule has 4 N–H and O–H groups in total.